The SMILES string of the molecule is Cc1cccc(N)c1S(=O)(=O)N(C)c1ccccn1. The van der Waals surface area contributed by atoms with Gasteiger partial charge in [0.1, 0.15) is 10.7 Å². The van der Waals surface area contributed by atoms with Crippen molar-refractivity contribution < 1.29 is 8.42 Å². The van der Waals surface area contributed by atoms with Crippen molar-refractivity contribution in [2.75, 3.05) is 17.1 Å². The molecule has 0 bridgehead atoms. The zero-order valence-electron chi connectivity index (χ0n) is 10.7. The molecule has 0 atom stereocenters. The van der Waals surface area contributed by atoms with Crippen LogP contribution in [0.3, 0.4) is 0 Å². The van der Waals surface area contributed by atoms with E-state index in [0.717, 1.165) is 4.31 Å². The molecule has 0 fully saturated rings. The fraction of sp³-hybridized carbons (Fsp3) is 0.154. The summed E-state index contributed by atoms with van der Waals surface area (Å²) in [6.45, 7) is 1.72. The molecular weight excluding hydrogens is 262 g/mol. The van der Waals surface area contributed by atoms with Gasteiger partial charge in [-0.15, -0.1) is 0 Å². The van der Waals surface area contributed by atoms with Crippen molar-refractivity contribution in [2.45, 2.75) is 11.8 Å². The van der Waals surface area contributed by atoms with Crippen LogP contribution in [0.1, 0.15) is 5.56 Å². The van der Waals surface area contributed by atoms with E-state index in [0.29, 0.717) is 11.4 Å². The Morgan fingerprint density at radius 3 is 2.47 bits per heavy atom. The lowest BCUT2D eigenvalue weighted by atomic mass is 10.2. The summed E-state index contributed by atoms with van der Waals surface area (Å²) >= 11 is 0. The summed E-state index contributed by atoms with van der Waals surface area (Å²) in [6.07, 6.45) is 1.54. The van der Waals surface area contributed by atoms with E-state index in [-0.39, 0.29) is 10.6 Å². The molecule has 0 saturated heterocycles. The fourth-order valence-electron chi connectivity index (χ4n) is 1.83. The third-order valence-electron chi connectivity index (χ3n) is 2.83. The van der Waals surface area contributed by atoms with Gasteiger partial charge in [-0.1, -0.05) is 18.2 Å². The molecule has 5 nitrogen and oxygen atoms in total. The number of hydrogen-bond donors (Lipinski definition) is 1. The number of aryl methyl sites for hydroxylation is 1. The van der Waals surface area contributed by atoms with Crippen LogP contribution in [0.4, 0.5) is 11.5 Å². The van der Waals surface area contributed by atoms with E-state index in [1.165, 1.54) is 7.05 Å². The van der Waals surface area contributed by atoms with Gasteiger partial charge in [0, 0.05) is 13.2 Å². The normalized spacial score (nSPS) is 11.3. The number of benzene rings is 1. The summed E-state index contributed by atoms with van der Waals surface area (Å²) < 4.78 is 26.3. The van der Waals surface area contributed by atoms with E-state index in [1.54, 1.807) is 49.5 Å². The maximum absolute atomic E-state index is 12.6. The van der Waals surface area contributed by atoms with Gasteiger partial charge in [-0.25, -0.2) is 13.4 Å². The highest BCUT2D eigenvalue weighted by molar-refractivity contribution is 7.93. The number of nitrogens with zero attached hydrogens (tertiary/aromatic N) is 2. The van der Waals surface area contributed by atoms with Crippen molar-refractivity contribution in [1.82, 2.24) is 4.98 Å². The first-order valence-corrected chi connectivity index (χ1v) is 7.13. The lowest BCUT2D eigenvalue weighted by molar-refractivity contribution is 0.594. The molecule has 2 rings (SSSR count). The van der Waals surface area contributed by atoms with Crippen molar-refractivity contribution in [3.63, 3.8) is 0 Å². The van der Waals surface area contributed by atoms with Crippen LogP contribution >= 0.6 is 0 Å². The Hall–Kier alpha value is -2.08. The van der Waals surface area contributed by atoms with E-state index in [4.69, 9.17) is 5.73 Å². The minimum Gasteiger partial charge on any atom is -0.398 e. The van der Waals surface area contributed by atoms with Gasteiger partial charge in [0.2, 0.25) is 0 Å². The predicted molar refractivity (Wildman–Crippen MR) is 75.4 cm³/mol. The van der Waals surface area contributed by atoms with Gasteiger partial charge >= 0.3 is 0 Å². The highest BCUT2D eigenvalue weighted by Gasteiger charge is 2.26. The van der Waals surface area contributed by atoms with Crippen molar-refractivity contribution in [3.8, 4) is 0 Å². The molecule has 0 aliphatic heterocycles. The summed E-state index contributed by atoms with van der Waals surface area (Å²) in [5.74, 6) is 0.352. The maximum atomic E-state index is 12.6. The second kappa shape index (κ2) is 4.89. The Labute approximate surface area is 112 Å². The molecule has 0 saturated carbocycles. The Bertz CT molecular complexity index is 664. The molecule has 100 valence electrons. The molecular formula is C13H15N3O2S. The Morgan fingerprint density at radius 1 is 1.16 bits per heavy atom. The standard InChI is InChI=1S/C13H15N3O2S/c1-10-6-5-7-11(14)13(10)19(17,18)16(2)12-8-3-4-9-15-12/h3-9H,14H2,1-2H3. The van der Waals surface area contributed by atoms with Crippen molar-refractivity contribution >= 4 is 21.5 Å². The first-order valence-electron chi connectivity index (χ1n) is 5.69. The fourth-order valence-corrected chi connectivity index (χ4v) is 3.30. The van der Waals surface area contributed by atoms with E-state index < -0.39 is 10.0 Å². The number of hydrogen-bond acceptors (Lipinski definition) is 4. The maximum Gasteiger partial charge on any atom is 0.267 e. The Kier molecular flexibility index (Phi) is 3.44. The highest BCUT2D eigenvalue weighted by Crippen LogP contribution is 2.27. The van der Waals surface area contributed by atoms with Crippen LogP contribution < -0.4 is 10.0 Å². The molecule has 1 aromatic carbocycles. The Balaban J connectivity index is 2.55. The van der Waals surface area contributed by atoms with Crippen LogP contribution in [0, 0.1) is 6.92 Å². The van der Waals surface area contributed by atoms with Crippen LogP contribution in [0.25, 0.3) is 0 Å². The minimum atomic E-state index is -3.71. The molecule has 19 heavy (non-hydrogen) atoms. The van der Waals surface area contributed by atoms with E-state index >= 15 is 0 Å². The third-order valence-corrected chi connectivity index (χ3v) is 4.81. The van der Waals surface area contributed by atoms with Gasteiger partial charge in [0.15, 0.2) is 0 Å². The first kappa shape index (κ1) is 13.4. The molecule has 0 amide bonds. The molecule has 6 heteroatoms. The molecule has 1 heterocycles. The van der Waals surface area contributed by atoms with Gasteiger partial charge in [-0.2, -0.15) is 0 Å². The number of aromatic nitrogens is 1. The summed E-state index contributed by atoms with van der Waals surface area (Å²) in [6, 6.07) is 10.1. The zero-order chi connectivity index (χ0) is 14.0. The molecule has 1 aromatic heterocycles. The van der Waals surface area contributed by atoms with Gasteiger partial charge < -0.3 is 5.73 Å². The number of pyridine rings is 1. The molecule has 2 N–H and O–H groups in total. The van der Waals surface area contributed by atoms with E-state index in [1.807, 2.05) is 0 Å². The van der Waals surface area contributed by atoms with Gasteiger partial charge in [0.05, 0.1) is 5.69 Å². The van der Waals surface area contributed by atoms with Crippen LogP contribution in [-0.2, 0) is 10.0 Å². The summed E-state index contributed by atoms with van der Waals surface area (Å²) in [5.41, 5.74) is 6.65. The van der Waals surface area contributed by atoms with E-state index in [2.05, 4.69) is 4.98 Å². The highest BCUT2D eigenvalue weighted by atomic mass is 32.2. The summed E-state index contributed by atoms with van der Waals surface area (Å²) in [7, 11) is -2.25. The summed E-state index contributed by atoms with van der Waals surface area (Å²) in [5, 5.41) is 0. The minimum absolute atomic E-state index is 0.128. The molecule has 0 unspecified atom stereocenters. The smallest absolute Gasteiger partial charge is 0.267 e. The second-order valence-electron chi connectivity index (χ2n) is 4.15. The van der Waals surface area contributed by atoms with Crippen molar-refractivity contribution in [3.05, 3.63) is 48.2 Å². The number of sulfonamides is 1. The summed E-state index contributed by atoms with van der Waals surface area (Å²) in [4.78, 5) is 4.16. The zero-order valence-corrected chi connectivity index (χ0v) is 11.6. The van der Waals surface area contributed by atoms with Crippen LogP contribution in [0.15, 0.2) is 47.5 Å². The molecule has 0 aliphatic carbocycles. The topological polar surface area (TPSA) is 76.3 Å². The van der Waals surface area contributed by atoms with E-state index in [9.17, 15) is 8.42 Å². The molecule has 2 aromatic rings. The molecule has 0 spiro atoms. The van der Waals surface area contributed by atoms with Gasteiger partial charge in [-0.3, -0.25) is 4.31 Å². The van der Waals surface area contributed by atoms with Crippen LogP contribution in [-0.4, -0.2) is 20.4 Å². The van der Waals surface area contributed by atoms with Crippen molar-refractivity contribution in [1.29, 1.82) is 0 Å². The monoisotopic (exact) mass is 277 g/mol. The molecule has 0 aliphatic rings. The van der Waals surface area contributed by atoms with Gasteiger partial charge in [0.25, 0.3) is 10.0 Å². The average molecular weight is 277 g/mol. The third kappa shape index (κ3) is 2.39. The quantitative estimate of drug-likeness (QED) is 0.868. The largest absolute Gasteiger partial charge is 0.398 e. The predicted octanol–water partition coefficient (Wildman–Crippen LogP) is 1.80. The Morgan fingerprint density at radius 2 is 1.89 bits per heavy atom. The van der Waals surface area contributed by atoms with Crippen LogP contribution in [0.5, 0.6) is 0 Å². The first-order chi connectivity index (χ1) is 8.94. The number of nitrogens with two attached hydrogens (primary N) is 1. The second-order valence-corrected chi connectivity index (χ2v) is 6.06. The number of rotatable bonds is 3. The lowest BCUT2D eigenvalue weighted by Crippen LogP contribution is -2.28. The van der Waals surface area contributed by atoms with Crippen LogP contribution in [0.2, 0.25) is 0 Å². The van der Waals surface area contributed by atoms with Crippen molar-refractivity contribution in [2.24, 2.45) is 0 Å². The average Bonchev–Trinajstić information content (AvgIpc) is 2.38. The number of nitrogen functional groups attached to an aromatic ring is 1. The lowest BCUT2D eigenvalue weighted by Gasteiger charge is -2.20. The number of anilines is 2. The van der Waals surface area contributed by atoms with Gasteiger partial charge in [-0.05, 0) is 30.7 Å². The molecule has 0 radical (unpaired) electrons.